The molecule has 1 fully saturated rings. The highest BCUT2D eigenvalue weighted by Gasteiger charge is 2.57. The zero-order valence-corrected chi connectivity index (χ0v) is 20.4. The van der Waals surface area contributed by atoms with Crippen molar-refractivity contribution in [1.82, 2.24) is 4.90 Å². The van der Waals surface area contributed by atoms with Crippen LogP contribution in [0, 0.1) is 17.8 Å². The molecule has 4 amide bonds. The first-order valence-corrected chi connectivity index (χ1v) is 11.8. The number of fused-ring (bicyclic) bond motifs is 3. The molecule has 1 saturated heterocycles. The largest absolute Gasteiger partial charge is 0.503 e. The number of nitrogens with zero attached hydrogens (tertiary/aromatic N) is 1. The highest BCUT2D eigenvalue weighted by atomic mass is 79.9. The van der Waals surface area contributed by atoms with Crippen LogP contribution in [0.5, 0.6) is 11.5 Å². The lowest BCUT2D eigenvalue weighted by Crippen LogP contribution is -2.42. The van der Waals surface area contributed by atoms with Crippen molar-refractivity contribution in [1.29, 1.82) is 0 Å². The predicted molar refractivity (Wildman–Crippen MR) is 125 cm³/mol. The van der Waals surface area contributed by atoms with Crippen molar-refractivity contribution >= 4 is 45.3 Å². The lowest BCUT2D eigenvalue weighted by Gasteiger charge is -2.42. The fourth-order valence-corrected chi connectivity index (χ4v) is 6.33. The third-order valence-electron chi connectivity index (χ3n) is 7.39. The van der Waals surface area contributed by atoms with Gasteiger partial charge in [-0.25, -0.2) is 4.79 Å². The van der Waals surface area contributed by atoms with E-state index < -0.39 is 41.5 Å². The Bertz CT molecular complexity index is 1360. The molecule has 0 aromatic heterocycles. The van der Waals surface area contributed by atoms with Crippen LogP contribution in [-0.2, 0) is 19.2 Å². The zero-order valence-electron chi connectivity index (χ0n) is 18.8. The minimum Gasteiger partial charge on any atom is -0.503 e. The fraction of sp³-hybridized carbons (Fsp3) is 0.320. The lowest BCUT2D eigenvalue weighted by molar-refractivity contribution is -0.136. The van der Waals surface area contributed by atoms with Crippen molar-refractivity contribution in [3.8, 4) is 11.5 Å². The smallest absolute Gasteiger partial charge is 0.328 e. The number of carbonyl (C=O) groups is 5. The summed E-state index contributed by atoms with van der Waals surface area (Å²) in [5.41, 5.74) is 7.52. The van der Waals surface area contributed by atoms with E-state index in [1.807, 2.05) is 6.08 Å². The Morgan fingerprint density at radius 3 is 2.54 bits per heavy atom. The van der Waals surface area contributed by atoms with Gasteiger partial charge in [0.2, 0.25) is 11.8 Å². The molecule has 5 rings (SSSR count). The fourth-order valence-electron chi connectivity index (χ4n) is 5.87. The minimum atomic E-state index is -1.13. The van der Waals surface area contributed by atoms with Crippen molar-refractivity contribution in [3.63, 3.8) is 0 Å². The number of carbonyl (C=O) groups excluding carboxylic acids is 5. The van der Waals surface area contributed by atoms with E-state index >= 15 is 0 Å². The van der Waals surface area contributed by atoms with Gasteiger partial charge < -0.3 is 15.6 Å². The van der Waals surface area contributed by atoms with E-state index in [-0.39, 0.29) is 41.5 Å². The van der Waals surface area contributed by atoms with Crippen molar-refractivity contribution in [2.24, 2.45) is 23.5 Å². The maximum absolute atomic E-state index is 13.4. The molecule has 3 aliphatic carbocycles. The molecule has 180 valence electrons. The average molecular weight is 541 g/mol. The second-order valence-corrected chi connectivity index (χ2v) is 9.99. The van der Waals surface area contributed by atoms with Gasteiger partial charge in [-0.3, -0.25) is 19.2 Å². The number of phenolic OH excluding ortho intramolecular Hbond substituents is 1. The van der Waals surface area contributed by atoms with E-state index in [0.717, 1.165) is 0 Å². The van der Waals surface area contributed by atoms with E-state index in [2.05, 4.69) is 15.9 Å². The maximum atomic E-state index is 13.4. The predicted octanol–water partition coefficient (Wildman–Crippen LogP) is 2.67. The van der Waals surface area contributed by atoms with Crippen LogP contribution in [-0.4, -0.2) is 46.5 Å². The molecule has 1 heterocycles. The van der Waals surface area contributed by atoms with Gasteiger partial charge in [0.1, 0.15) is 0 Å². The summed E-state index contributed by atoms with van der Waals surface area (Å²) in [6.45, 7) is 1.58. The Kier molecular flexibility index (Phi) is 5.32. The van der Waals surface area contributed by atoms with Crippen molar-refractivity contribution < 1.29 is 33.8 Å². The maximum Gasteiger partial charge on any atom is 0.328 e. The van der Waals surface area contributed by atoms with Gasteiger partial charge >= 0.3 is 6.03 Å². The molecule has 1 aromatic rings. The van der Waals surface area contributed by atoms with Crippen molar-refractivity contribution in [2.75, 3.05) is 7.11 Å². The van der Waals surface area contributed by atoms with Gasteiger partial charge in [-0.05, 0) is 65.4 Å². The van der Waals surface area contributed by atoms with E-state index in [1.165, 1.54) is 13.2 Å². The number of hydrogen-bond donors (Lipinski definition) is 2. The molecule has 1 aliphatic heterocycles. The van der Waals surface area contributed by atoms with Gasteiger partial charge in [-0.1, -0.05) is 11.6 Å². The van der Waals surface area contributed by atoms with Crippen LogP contribution in [0.25, 0.3) is 0 Å². The van der Waals surface area contributed by atoms with E-state index in [9.17, 15) is 29.1 Å². The molecule has 9 nitrogen and oxygen atoms in total. The summed E-state index contributed by atoms with van der Waals surface area (Å²) in [4.78, 5) is 64.8. The van der Waals surface area contributed by atoms with Gasteiger partial charge in [0, 0.05) is 22.6 Å². The summed E-state index contributed by atoms with van der Waals surface area (Å²) >= 11 is 3.32. The van der Waals surface area contributed by atoms with Crippen LogP contribution in [0.15, 0.2) is 51.0 Å². The van der Waals surface area contributed by atoms with E-state index in [1.54, 1.807) is 19.1 Å². The Hall–Kier alpha value is -3.53. The number of allylic oxidation sites excluding steroid dienone is 6. The SMILES string of the molecule is COc1cc([C@H]2C3=CC[C@@H]4C(=O)N(C(N)=O)C(=O)[C@@H]4[C@@H]3CC3=C2C(=O)C(C)=CC3=O)cc(Br)c1O. The molecule has 1 aromatic carbocycles. The summed E-state index contributed by atoms with van der Waals surface area (Å²) in [5.74, 6) is -4.80. The van der Waals surface area contributed by atoms with Crippen molar-refractivity contribution in [3.05, 3.63) is 56.6 Å². The number of benzene rings is 1. The van der Waals surface area contributed by atoms with Gasteiger partial charge in [0.15, 0.2) is 23.1 Å². The topological polar surface area (TPSA) is 144 Å². The molecule has 0 bridgehead atoms. The van der Waals surface area contributed by atoms with Gasteiger partial charge in [-0.2, -0.15) is 4.90 Å². The third-order valence-corrected chi connectivity index (χ3v) is 7.99. The van der Waals surface area contributed by atoms with E-state index in [0.29, 0.717) is 31.7 Å². The number of Topliss-reactive ketones (excluding diaryl/α,β-unsaturated/α-hetero) is 1. The summed E-state index contributed by atoms with van der Waals surface area (Å²) in [6.07, 6.45) is 3.40. The number of imide groups is 3. The standard InChI is InChI=1S/C25H21BrN2O7/c1-9-5-16(29)14-8-13-11(3-4-12-19(13)24(33)28(23(12)32)25(27)34)18(20(14)21(9)30)10-6-15(26)22(31)17(7-10)35-2/h3,5-7,12-13,18-19,31H,4,8H2,1-2H3,(H2,27,34)/t12-,13+,18-,19-/m0/s1. The Labute approximate surface area is 208 Å². The first kappa shape index (κ1) is 23.2. The molecular formula is C25H21BrN2O7. The van der Waals surface area contributed by atoms with Crippen LogP contribution < -0.4 is 10.5 Å². The number of ketones is 2. The third kappa shape index (κ3) is 3.23. The zero-order chi connectivity index (χ0) is 25.3. The molecular weight excluding hydrogens is 520 g/mol. The first-order valence-electron chi connectivity index (χ1n) is 11.0. The molecule has 10 heteroatoms. The highest BCUT2D eigenvalue weighted by Crippen LogP contribution is 2.56. The molecule has 4 atom stereocenters. The summed E-state index contributed by atoms with van der Waals surface area (Å²) < 4.78 is 5.64. The first-order chi connectivity index (χ1) is 16.6. The second kappa shape index (κ2) is 8.01. The Balaban J connectivity index is 1.73. The number of methoxy groups -OCH3 is 1. The normalized spacial score (nSPS) is 27.8. The summed E-state index contributed by atoms with van der Waals surface area (Å²) in [7, 11) is 1.40. The van der Waals surface area contributed by atoms with Crippen LogP contribution in [0.2, 0.25) is 0 Å². The number of amides is 4. The molecule has 35 heavy (non-hydrogen) atoms. The molecule has 4 aliphatic rings. The summed E-state index contributed by atoms with van der Waals surface area (Å²) in [6, 6.07) is 2.11. The Morgan fingerprint density at radius 1 is 1.17 bits per heavy atom. The number of rotatable bonds is 2. The van der Waals surface area contributed by atoms with Crippen molar-refractivity contribution in [2.45, 2.75) is 25.7 Å². The molecule has 0 unspecified atom stereocenters. The molecule has 0 radical (unpaired) electrons. The molecule has 0 saturated carbocycles. The number of phenols is 1. The number of nitrogens with two attached hydrogens (primary N) is 1. The van der Waals surface area contributed by atoms with Crippen LogP contribution in [0.3, 0.4) is 0 Å². The van der Waals surface area contributed by atoms with Gasteiger partial charge in [-0.15, -0.1) is 0 Å². The monoisotopic (exact) mass is 540 g/mol. The highest BCUT2D eigenvalue weighted by molar-refractivity contribution is 9.10. The minimum absolute atomic E-state index is 0.0925. The number of aromatic hydroxyl groups is 1. The summed E-state index contributed by atoms with van der Waals surface area (Å²) in [5, 5.41) is 10.3. The molecule has 3 N–H and O–H groups in total. The van der Waals surface area contributed by atoms with E-state index in [4.69, 9.17) is 10.5 Å². The van der Waals surface area contributed by atoms with Gasteiger partial charge in [0.05, 0.1) is 23.4 Å². The average Bonchev–Trinajstić information content (AvgIpc) is 3.08. The van der Waals surface area contributed by atoms with Crippen LogP contribution >= 0.6 is 15.9 Å². The quantitative estimate of drug-likeness (QED) is 0.333. The second-order valence-electron chi connectivity index (χ2n) is 9.13. The Morgan fingerprint density at radius 2 is 1.89 bits per heavy atom. The number of halogens is 1. The number of primary amides is 1. The lowest BCUT2D eigenvalue weighted by atomic mass is 9.59. The van der Waals surface area contributed by atoms with Gasteiger partial charge in [0.25, 0.3) is 0 Å². The number of urea groups is 1. The van der Waals surface area contributed by atoms with Crippen LogP contribution in [0.4, 0.5) is 4.79 Å². The molecule has 0 spiro atoms. The number of likely N-dealkylation sites (tertiary alicyclic amines) is 1. The number of ether oxygens (including phenoxy) is 1. The van der Waals surface area contributed by atoms with Crippen LogP contribution in [0.1, 0.15) is 31.2 Å². The number of hydrogen-bond acceptors (Lipinski definition) is 7.